The zero-order chi connectivity index (χ0) is 13.7. The van der Waals surface area contributed by atoms with E-state index >= 15 is 0 Å². The highest BCUT2D eigenvalue weighted by Crippen LogP contribution is 2.24. The maximum absolute atomic E-state index is 13.6. The molecule has 4 heteroatoms. The lowest BCUT2D eigenvalue weighted by molar-refractivity contribution is 0.284. The molecule has 0 spiro atoms. The van der Waals surface area contributed by atoms with Crippen molar-refractivity contribution in [1.29, 1.82) is 0 Å². The first-order valence-corrected chi connectivity index (χ1v) is 7.81. The van der Waals surface area contributed by atoms with Crippen molar-refractivity contribution in [2.75, 3.05) is 11.9 Å². The van der Waals surface area contributed by atoms with Gasteiger partial charge in [0.2, 0.25) is 0 Å². The Morgan fingerprint density at radius 2 is 1.84 bits per heavy atom. The van der Waals surface area contributed by atoms with Crippen LogP contribution in [0.2, 0.25) is 0 Å². The van der Waals surface area contributed by atoms with Crippen LogP contribution < -0.4 is 4.74 Å². The average molecular weight is 388 g/mol. The van der Waals surface area contributed by atoms with Gasteiger partial charge >= 0.3 is 0 Å². The van der Waals surface area contributed by atoms with Gasteiger partial charge in [0.15, 0.2) is 11.6 Å². The Hall–Kier alpha value is -0.870. The van der Waals surface area contributed by atoms with Crippen molar-refractivity contribution in [3.63, 3.8) is 0 Å². The summed E-state index contributed by atoms with van der Waals surface area (Å²) in [5, 5.41) is 0.773. The van der Waals surface area contributed by atoms with Gasteiger partial charge in [-0.25, -0.2) is 4.39 Å². The van der Waals surface area contributed by atoms with Crippen LogP contribution in [0.5, 0.6) is 5.75 Å². The summed E-state index contributed by atoms with van der Waals surface area (Å²) in [5.74, 6) is 0.130. The highest BCUT2D eigenvalue weighted by molar-refractivity contribution is 9.10. The van der Waals surface area contributed by atoms with E-state index in [0.717, 1.165) is 5.33 Å². The van der Waals surface area contributed by atoms with Crippen molar-refractivity contribution in [1.82, 2.24) is 0 Å². The summed E-state index contributed by atoms with van der Waals surface area (Å²) in [6, 6.07) is 14.9. The van der Waals surface area contributed by atoms with Crippen molar-refractivity contribution >= 4 is 31.9 Å². The second-order valence-corrected chi connectivity index (χ2v) is 5.71. The number of benzene rings is 2. The van der Waals surface area contributed by atoms with E-state index in [1.54, 1.807) is 12.1 Å². The number of rotatable bonds is 5. The van der Waals surface area contributed by atoms with E-state index in [2.05, 4.69) is 31.9 Å². The van der Waals surface area contributed by atoms with Gasteiger partial charge in [-0.05, 0) is 23.8 Å². The molecule has 2 aromatic carbocycles. The van der Waals surface area contributed by atoms with E-state index in [-0.39, 0.29) is 17.5 Å². The summed E-state index contributed by atoms with van der Waals surface area (Å²) < 4.78 is 19.9. The fraction of sp³-hybridized carbons (Fsp3) is 0.200. The van der Waals surface area contributed by atoms with Gasteiger partial charge < -0.3 is 4.74 Å². The Kier molecular flexibility index (Phi) is 5.40. The van der Waals surface area contributed by atoms with E-state index < -0.39 is 0 Å². The fourth-order valence-corrected chi connectivity index (χ4v) is 2.63. The predicted molar refractivity (Wildman–Crippen MR) is 82.6 cm³/mol. The average Bonchev–Trinajstić information content (AvgIpc) is 2.43. The number of hydrogen-bond acceptors (Lipinski definition) is 1. The summed E-state index contributed by atoms with van der Waals surface area (Å²) in [7, 11) is 0. The number of ether oxygens (including phenoxy) is 1. The molecule has 0 heterocycles. The largest absolute Gasteiger partial charge is 0.490 e. The molecule has 0 radical (unpaired) electrons. The summed E-state index contributed by atoms with van der Waals surface area (Å²) in [6.07, 6.45) is 0. The third kappa shape index (κ3) is 4.05. The van der Waals surface area contributed by atoms with Gasteiger partial charge in [-0.1, -0.05) is 62.2 Å². The maximum Gasteiger partial charge on any atom is 0.166 e. The van der Waals surface area contributed by atoms with Crippen molar-refractivity contribution in [2.24, 2.45) is 0 Å². The lowest BCUT2D eigenvalue weighted by Gasteiger charge is -2.16. The summed E-state index contributed by atoms with van der Waals surface area (Å²) >= 11 is 6.70. The van der Waals surface area contributed by atoms with Crippen LogP contribution in [0.15, 0.2) is 53.0 Å². The lowest BCUT2D eigenvalue weighted by atomic mass is 10.0. The summed E-state index contributed by atoms with van der Waals surface area (Å²) in [5.41, 5.74) is 1.18. The highest BCUT2D eigenvalue weighted by Gasteiger charge is 2.12. The molecule has 0 amide bonds. The highest BCUT2D eigenvalue weighted by atomic mass is 79.9. The minimum atomic E-state index is -0.351. The topological polar surface area (TPSA) is 9.23 Å². The molecule has 0 aliphatic rings. The molecule has 0 fully saturated rings. The number of hydrogen-bond donors (Lipinski definition) is 0. The monoisotopic (exact) mass is 386 g/mol. The first-order chi connectivity index (χ1) is 9.20. The molecule has 2 aromatic rings. The van der Waals surface area contributed by atoms with Crippen LogP contribution in [-0.2, 0) is 0 Å². The molecule has 19 heavy (non-hydrogen) atoms. The van der Waals surface area contributed by atoms with E-state index in [1.807, 2.05) is 30.3 Å². The second-order valence-electron chi connectivity index (χ2n) is 4.15. The van der Waals surface area contributed by atoms with Gasteiger partial charge in [-0.2, -0.15) is 0 Å². The molecule has 0 bridgehead atoms. The number of alkyl halides is 1. The molecule has 2 rings (SSSR count). The summed E-state index contributed by atoms with van der Waals surface area (Å²) in [6.45, 7) is 0.438. The Labute approximate surface area is 129 Å². The Morgan fingerprint density at radius 3 is 2.47 bits per heavy atom. The second kappa shape index (κ2) is 7.06. The molecule has 0 aliphatic heterocycles. The zero-order valence-electron chi connectivity index (χ0n) is 10.2. The van der Waals surface area contributed by atoms with Crippen LogP contribution in [0.4, 0.5) is 4.39 Å². The maximum atomic E-state index is 13.6. The van der Waals surface area contributed by atoms with Crippen molar-refractivity contribution in [3.8, 4) is 5.75 Å². The van der Waals surface area contributed by atoms with Crippen molar-refractivity contribution < 1.29 is 9.13 Å². The predicted octanol–water partition coefficient (Wildman–Crippen LogP) is 5.15. The molecule has 1 atom stereocenters. The van der Waals surface area contributed by atoms with E-state index in [9.17, 15) is 4.39 Å². The van der Waals surface area contributed by atoms with Gasteiger partial charge in [0.25, 0.3) is 0 Å². The molecular weight excluding hydrogens is 375 g/mol. The van der Waals surface area contributed by atoms with Crippen molar-refractivity contribution in [2.45, 2.75) is 5.92 Å². The fourth-order valence-electron chi connectivity index (χ4n) is 1.74. The van der Waals surface area contributed by atoms with E-state index in [0.29, 0.717) is 11.1 Å². The van der Waals surface area contributed by atoms with Crippen LogP contribution in [0.25, 0.3) is 0 Å². The van der Waals surface area contributed by atoms with Crippen LogP contribution in [0, 0.1) is 5.82 Å². The molecule has 0 N–H and O–H groups in total. The van der Waals surface area contributed by atoms with Crippen molar-refractivity contribution in [3.05, 3.63) is 64.4 Å². The van der Waals surface area contributed by atoms with Gasteiger partial charge in [0.05, 0.1) is 6.61 Å². The van der Waals surface area contributed by atoms with Gasteiger partial charge in [0, 0.05) is 15.7 Å². The SMILES string of the molecule is Fc1cc(Br)ccc1OCC(CBr)c1ccccc1. The Bertz CT molecular complexity index is 531. The standard InChI is InChI=1S/C15H13Br2FO/c16-9-12(11-4-2-1-3-5-11)10-19-15-7-6-13(17)8-14(15)18/h1-8,12H,9-10H2. The van der Waals surface area contributed by atoms with Crippen LogP contribution in [-0.4, -0.2) is 11.9 Å². The normalized spacial score (nSPS) is 12.2. The third-order valence-corrected chi connectivity index (χ3v) is 4.07. The minimum absolute atomic E-state index is 0.198. The molecule has 0 aromatic heterocycles. The molecule has 1 unspecified atom stereocenters. The van der Waals surface area contributed by atoms with Crippen LogP contribution in [0.1, 0.15) is 11.5 Å². The molecule has 1 nitrogen and oxygen atoms in total. The van der Waals surface area contributed by atoms with Crippen LogP contribution >= 0.6 is 31.9 Å². The zero-order valence-corrected chi connectivity index (χ0v) is 13.3. The van der Waals surface area contributed by atoms with Gasteiger partial charge in [-0.15, -0.1) is 0 Å². The molecule has 0 aliphatic carbocycles. The Morgan fingerprint density at radius 1 is 1.11 bits per heavy atom. The third-order valence-electron chi connectivity index (χ3n) is 2.79. The minimum Gasteiger partial charge on any atom is -0.490 e. The molecule has 0 saturated carbocycles. The van der Waals surface area contributed by atoms with Crippen LogP contribution in [0.3, 0.4) is 0 Å². The van der Waals surface area contributed by atoms with Gasteiger partial charge in [-0.3, -0.25) is 0 Å². The smallest absolute Gasteiger partial charge is 0.166 e. The quantitative estimate of drug-likeness (QED) is 0.645. The first-order valence-electron chi connectivity index (χ1n) is 5.89. The van der Waals surface area contributed by atoms with E-state index in [4.69, 9.17) is 4.74 Å². The first kappa shape index (κ1) is 14.5. The molecule has 100 valence electrons. The Balaban J connectivity index is 2.04. The molecule has 0 saturated heterocycles. The lowest BCUT2D eigenvalue weighted by Crippen LogP contribution is -2.12. The molecular formula is C15H13Br2FO. The number of halogens is 3. The van der Waals surface area contributed by atoms with E-state index in [1.165, 1.54) is 11.6 Å². The summed E-state index contributed by atoms with van der Waals surface area (Å²) in [4.78, 5) is 0. The van der Waals surface area contributed by atoms with Gasteiger partial charge in [0.1, 0.15) is 0 Å².